The predicted molar refractivity (Wildman–Crippen MR) is 124 cm³/mol. The SMILES string of the molecule is COc1cccc(C(=O)COC(=O)C(C(C)C)N2C(=O)c3c(Cl)c(Cl)c(Cl)c(Cl)c3C2=O)c1. The first-order valence-corrected chi connectivity index (χ1v) is 11.1. The number of rotatable bonds is 7. The summed E-state index contributed by atoms with van der Waals surface area (Å²) in [5, 5.41) is -0.854. The summed E-state index contributed by atoms with van der Waals surface area (Å²) in [5.74, 6) is -3.26. The molecule has 3 rings (SSSR count). The summed E-state index contributed by atoms with van der Waals surface area (Å²) < 4.78 is 10.3. The third kappa shape index (κ3) is 4.55. The number of carbonyl (C=O) groups excluding carboxylic acids is 4. The van der Waals surface area contributed by atoms with Crippen LogP contribution in [0.1, 0.15) is 44.9 Å². The Morgan fingerprint density at radius 2 is 1.48 bits per heavy atom. The number of Topliss-reactive ketones (excluding diaryl/α,β-unsaturated/α-hetero) is 1. The van der Waals surface area contributed by atoms with E-state index in [-0.39, 0.29) is 36.8 Å². The van der Waals surface area contributed by atoms with Crippen LogP contribution >= 0.6 is 46.4 Å². The largest absolute Gasteiger partial charge is 0.497 e. The van der Waals surface area contributed by atoms with Crippen LogP contribution in [0.5, 0.6) is 5.75 Å². The molecule has 1 unspecified atom stereocenters. The Hall–Kier alpha value is -2.32. The fourth-order valence-electron chi connectivity index (χ4n) is 3.40. The first-order valence-electron chi connectivity index (χ1n) is 9.58. The summed E-state index contributed by atoms with van der Waals surface area (Å²) in [7, 11) is 1.46. The summed E-state index contributed by atoms with van der Waals surface area (Å²) in [6, 6.07) is 4.97. The molecule has 0 saturated carbocycles. The van der Waals surface area contributed by atoms with E-state index in [1.54, 1.807) is 32.0 Å². The number of carbonyl (C=O) groups is 4. The lowest BCUT2D eigenvalue weighted by atomic mass is 10.0. The first-order chi connectivity index (χ1) is 15.5. The number of amides is 2. The molecule has 1 aliphatic rings. The second kappa shape index (κ2) is 9.89. The van der Waals surface area contributed by atoms with Gasteiger partial charge in [0.2, 0.25) is 0 Å². The molecule has 0 spiro atoms. The molecule has 2 aromatic rings. The van der Waals surface area contributed by atoms with Crippen molar-refractivity contribution in [1.82, 2.24) is 4.90 Å². The van der Waals surface area contributed by atoms with E-state index in [1.165, 1.54) is 13.2 Å². The van der Waals surface area contributed by atoms with Gasteiger partial charge in [-0.25, -0.2) is 4.79 Å². The average Bonchev–Trinajstić information content (AvgIpc) is 3.05. The zero-order chi connectivity index (χ0) is 24.6. The molecule has 0 aliphatic carbocycles. The van der Waals surface area contributed by atoms with Gasteiger partial charge in [0.05, 0.1) is 38.3 Å². The van der Waals surface area contributed by atoms with Crippen molar-refractivity contribution in [2.75, 3.05) is 13.7 Å². The minimum atomic E-state index is -1.35. The van der Waals surface area contributed by atoms with Crippen molar-refractivity contribution in [3.63, 3.8) is 0 Å². The predicted octanol–water partition coefficient (Wildman–Crippen LogP) is 5.36. The third-order valence-electron chi connectivity index (χ3n) is 5.02. The van der Waals surface area contributed by atoms with Crippen molar-refractivity contribution in [3.05, 3.63) is 61.0 Å². The van der Waals surface area contributed by atoms with Crippen molar-refractivity contribution in [2.45, 2.75) is 19.9 Å². The molecule has 33 heavy (non-hydrogen) atoms. The van der Waals surface area contributed by atoms with Crippen molar-refractivity contribution in [2.24, 2.45) is 5.92 Å². The van der Waals surface area contributed by atoms with Gasteiger partial charge in [0, 0.05) is 5.56 Å². The van der Waals surface area contributed by atoms with E-state index in [9.17, 15) is 19.2 Å². The average molecular weight is 533 g/mol. The van der Waals surface area contributed by atoms with Crippen LogP contribution in [0.2, 0.25) is 20.1 Å². The number of nitrogens with zero attached hydrogens (tertiary/aromatic N) is 1. The second-order valence-corrected chi connectivity index (χ2v) is 8.95. The number of fused-ring (bicyclic) bond motifs is 1. The van der Waals surface area contributed by atoms with Crippen molar-refractivity contribution in [3.8, 4) is 5.75 Å². The maximum absolute atomic E-state index is 13.1. The molecule has 11 heteroatoms. The van der Waals surface area contributed by atoms with E-state index in [1.807, 2.05) is 0 Å². The zero-order valence-electron chi connectivity index (χ0n) is 17.6. The number of hydrogen-bond donors (Lipinski definition) is 0. The molecule has 2 aromatic carbocycles. The van der Waals surface area contributed by atoms with E-state index in [0.29, 0.717) is 10.6 Å². The highest BCUT2D eigenvalue weighted by atomic mass is 35.5. The molecule has 1 aliphatic heterocycles. The molecule has 174 valence electrons. The standard InChI is InChI=1S/C22H17Cl4NO6/c1-9(2)19(22(31)33-8-12(28)10-5-4-6-11(7-10)32-3)27-20(29)13-14(21(27)30)16(24)18(26)17(25)15(13)23/h4-7,9,19H,8H2,1-3H3. The van der Waals surface area contributed by atoms with Gasteiger partial charge >= 0.3 is 5.97 Å². The molecule has 1 atom stereocenters. The number of imide groups is 1. The summed E-state index contributed by atoms with van der Waals surface area (Å²) in [6.07, 6.45) is 0. The number of ketones is 1. The highest BCUT2D eigenvalue weighted by Gasteiger charge is 2.48. The van der Waals surface area contributed by atoms with Crippen LogP contribution in [-0.4, -0.2) is 48.2 Å². The Morgan fingerprint density at radius 1 is 0.939 bits per heavy atom. The Morgan fingerprint density at radius 3 is 1.97 bits per heavy atom. The summed E-state index contributed by atoms with van der Waals surface area (Å²) in [4.78, 5) is 52.3. The third-order valence-corrected chi connectivity index (χ3v) is 6.82. The van der Waals surface area contributed by atoms with Gasteiger partial charge in [-0.05, 0) is 18.1 Å². The molecule has 7 nitrogen and oxygen atoms in total. The first kappa shape index (κ1) is 25.3. The maximum atomic E-state index is 13.1. The Labute approximate surface area is 209 Å². The normalized spacial score (nSPS) is 13.9. The molecular weight excluding hydrogens is 516 g/mol. The highest BCUT2D eigenvalue weighted by Crippen LogP contribution is 2.45. The van der Waals surface area contributed by atoms with Crippen LogP contribution in [0.4, 0.5) is 0 Å². The van der Waals surface area contributed by atoms with Crippen LogP contribution in [0, 0.1) is 5.92 Å². The monoisotopic (exact) mass is 531 g/mol. The van der Waals surface area contributed by atoms with E-state index in [4.69, 9.17) is 55.9 Å². The number of methoxy groups -OCH3 is 1. The topological polar surface area (TPSA) is 90.0 Å². The molecule has 0 aromatic heterocycles. The number of ether oxygens (including phenoxy) is 2. The van der Waals surface area contributed by atoms with E-state index in [0.717, 1.165) is 0 Å². The zero-order valence-corrected chi connectivity index (χ0v) is 20.6. The second-order valence-electron chi connectivity index (χ2n) is 7.44. The van der Waals surface area contributed by atoms with Crippen LogP contribution in [0.25, 0.3) is 0 Å². The van der Waals surface area contributed by atoms with E-state index in [2.05, 4.69) is 0 Å². The van der Waals surface area contributed by atoms with Gasteiger partial charge in [0.25, 0.3) is 11.8 Å². The van der Waals surface area contributed by atoms with E-state index < -0.39 is 42.1 Å². The molecule has 0 fully saturated rings. The lowest BCUT2D eigenvalue weighted by molar-refractivity contribution is -0.148. The van der Waals surface area contributed by atoms with E-state index >= 15 is 0 Å². The van der Waals surface area contributed by atoms with Crippen molar-refractivity contribution in [1.29, 1.82) is 0 Å². The maximum Gasteiger partial charge on any atom is 0.330 e. The molecule has 0 saturated heterocycles. The van der Waals surface area contributed by atoms with Crippen LogP contribution in [0.15, 0.2) is 24.3 Å². The van der Waals surface area contributed by atoms with Gasteiger partial charge in [-0.1, -0.05) is 72.4 Å². The Balaban J connectivity index is 1.87. The van der Waals surface area contributed by atoms with Crippen LogP contribution in [-0.2, 0) is 9.53 Å². The quantitative estimate of drug-likeness (QED) is 0.157. The fraction of sp³-hybridized carbons (Fsp3) is 0.273. The molecule has 0 radical (unpaired) electrons. The lowest BCUT2D eigenvalue weighted by Crippen LogP contribution is -2.49. The molecule has 1 heterocycles. The molecule has 0 N–H and O–H groups in total. The van der Waals surface area contributed by atoms with Gasteiger partial charge < -0.3 is 9.47 Å². The fourth-order valence-corrected chi connectivity index (χ4v) is 4.41. The minimum absolute atomic E-state index is 0.183. The Kier molecular flexibility index (Phi) is 7.59. The highest BCUT2D eigenvalue weighted by molar-refractivity contribution is 6.55. The Bertz CT molecular complexity index is 1130. The van der Waals surface area contributed by atoms with Gasteiger partial charge in [0.1, 0.15) is 11.8 Å². The van der Waals surface area contributed by atoms with Gasteiger partial charge in [-0.15, -0.1) is 0 Å². The molecule has 0 bridgehead atoms. The van der Waals surface area contributed by atoms with Gasteiger partial charge in [-0.2, -0.15) is 0 Å². The van der Waals surface area contributed by atoms with Crippen molar-refractivity contribution < 1.29 is 28.7 Å². The summed E-state index contributed by atoms with van der Waals surface area (Å²) >= 11 is 24.4. The van der Waals surface area contributed by atoms with Crippen LogP contribution in [0.3, 0.4) is 0 Å². The summed E-state index contributed by atoms with van der Waals surface area (Å²) in [6.45, 7) is 2.63. The summed E-state index contributed by atoms with van der Waals surface area (Å²) in [5.41, 5.74) is -0.217. The lowest BCUT2D eigenvalue weighted by Gasteiger charge is -2.27. The van der Waals surface area contributed by atoms with Crippen LogP contribution < -0.4 is 4.74 Å². The number of halogens is 4. The molecular formula is C22H17Cl4NO6. The molecule has 2 amide bonds. The number of benzene rings is 2. The van der Waals surface area contributed by atoms with Gasteiger partial charge in [0.15, 0.2) is 12.4 Å². The van der Waals surface area contributed by atoms with Gasteiger partial charge in [-0.3, -0.25) is 19.3 Å². The number of esters is 1. The van der Waals surface area contributed by atoms with Crippen molar-refractivity contribution >= 4 is 70.0 Å². The number of hydrogen-bond acceptors (Lipinski definition) is 6. The minimum Gasteiger partial charge on any atom is -0.497 e. The smallest absolute Gasteiger partial charge is 0.330 e.